The fourth-order valence-electron chi connectivity index (χ4n) is 1.40. The molecule has 0 saturated carbocycles. The number of halogens is 2. The third-order valence-corrected chi connectivity index (χ3v) is 2.03. The van der Waals surface area contributed by atoms with Crippen molar-refractivity contribution in [1.82, 2.24) is 9.61 Å². The highest BCUT2D eigenvalue weighted by molar-refractivity contribution is 5.96. The summed E-state index contributed by atoms with van der Waals surface area (Å²) in [5.74, 6) is -2.29. The molecule has 2 aromatic rings. The van der Waals surface area contributed by atoms with Crippen molar-refractivity contribution >= 4 is 11.5 Å². The molecule has 0 saturated heterocycles. The molecule has 0 N–H and O–H groups in total. The first-order chi connectivity index (χ1) is 7.63. The molecule has 0 aliphatic rings. The Morgan fingerprint density at radius 3 is 3.00 bits per heavy atom. The smallest absolute Gasteiger partial charge is 0.342 e. The van der Waals surface area contributed by atoms with Crippen molar-refractivity contribution in [1.29, 1.82) is 0 Å². The molecule has 0 spiro atoms. The highest BCUT2D eigenvalue weighted by atomic mass is 19.1. The van der Waals surface area contributed by atoms with Crippen molar-refractivity contribution in [3.63, 3.8) is 0 Å². The van der Waals surface area contributed by atoms with Gasteiger partial charge in [0.2, 0.25) is 0 Å². The number of rotatable bonds is 2. The summed E-state index contributed by atoms with van der Waals surface area (Å²) in [5, 5.41) is 3.68. The Labute approximate surface area is 89.4 Å². The molecular weight excluding hydrogens is 218 g/mol. The normalized spacial score (nSPS) is 10.7. The quantitative estimate of drug-likeness (QED) is 0.733. The van der Waals surface area contributed by atoms with Gasteiger partial charge in [-0.15, -0.1) is 0 Å². The second-order valence-electron chi connectivity index (χ2n) is 3.08. The first-order valence-electron chi connectivity index (χ1n) is 4.63. The number of hydrogen-bond donors (Lipinski definition) is 0. The standard InChI is InChI=1S/C10H8F2N2O2/c1-2-16-10(15)7-4-13-14-5-6(11)3-8(12)9(7)14/h3-5H,2H2,1H3. The number of carbonyl (C=O) groups is 1. The maximum Gasteiger partial charge on any atom is 0.342 e. The molecule has 2 rings (SSSR count). The molecule has 0 aliphatic heterocycles. The summed E-state index contributed by atoms with van der Waals surface area (Å²) in [7, 11) is 0. The average Bonchev–Trinajstić information content (AvgIpc) is 2.61. The number of fused-ring (bicyclic) bond motifs is 1. The van der Waals surface area contributed by atoms with Gasteiger partial charge in [0.25, 0.3) is 0 Å². The van der Waals surface area contributed by atoms with Crippen LogP contribution in [0.15, 0.2) is 18.5 Å². The van der Waals surface area contributed by atoms with Gasteiger partial charge in [0, 0.05) is 6.07 Å². The number of aromatic nitrogens is 2. The first-order valence-corrected chi connectivity index (χ1v) is 4.63. The minimum atomic E-state index is -0.847. The summed E-state index contributed by atoms with van der Waals surface area (Å²) in [4.78, 5) is 11.4. The van der Waals surface area contributed by atoms with Gasteiger partial charge >= 0.3 is 5.97 Å². The molecule has 0 amide bonds. The van der Waals surface area contributed by atoms with Crippen molar-refractivity contribution in [2.75, 3.05) is 6.61 Å². The van der Waals surface area contributed by atoms with E-state index in [4.69, 9.17) is 4.74 Å². The molecule has 0 radical (unpaired) electrons. The summed E-state index contributed by atoms with van der Waals surface area (Å²) < 4.78 is 32.0. The minimum Gasteiger partial charge on any atom is -0.462 e. The van der Waals surface area contributed by atoms with Crippen LogP contribution in [0.4, 0.5) is 8.78 Å². The Bertz CT molecular complexity index is 551. The van der Waals surface area contributed by atoms with Crippen LogP contribution in [0.1, 0.15) is 17.3 Å². The molecule has 0 fully saturated rings. The molecule has 4 nitrogen and oxygen atoms in total. The molecule has 0 bridgehead atoms. The lowest BCUT2D eigenvalue weighted by atomic mass is 10.2. The third kappa shape index (κ3) is 1.62. The largest absolute Gasteiger partial charge is 0.462 e. The van der Waals surface area contributed by atoms with E-state index in [0.717, 1.165) is 16.9 Å². The van der Waals surface area contributed by atoms with Crippen LogP contribution in [0.3, 0.4) is 0 Å². The van der Waals surface area contributed by atoms with Crippen molar-refractivity contribution in [2.45, 2.75) is 6.92 Å². The molecule has 0 atom stereocenters. The van der Waals surface area contributed by atoms with Gasteiger partial charge in [-0.05, 0) is 6.92 Å². The molecule has 0 unspecified atom stereocenters. The van der Waals surface area contributed by atoms with Crippen LogP contribution in [-0.4, -0.2) is 22.2 Å². The van der Waals surface area contributed by atoms with E-state index in [1.807, 2.05) is 0 Å². The van der Waals surface area contributed by atoms with Crippen LogP contribution >= 0.6 is 0 Å². The number of esters is 1. The van der Waals surface area contributed by atoms with E-state index in [0.29, 0.717) is 6.07 Å². The van der Waals surface area contributed by atoms with Gasteiger partial charge in [0.1, 0.15) is 16.9 Å². The second-order valence-corrected chi connectivity index (χ2v) is 3.08. The molecule has 16 heavy (non-hydrogen) atoms. The van der Waals surface area contributed by atoms with Gasteiger partial charge in [-0.3, -0.25) is 0 Å². The molecule has 84 valence electrons. The minimum absolute atomic E-state index is 0.0145. The number of pyridine rings is 1. The lowest BCUT2D eigenvalue weighted by Gasteiger charge is -2.00. The Balaban J connectivity index is 2.60. The topological polar surface area (TPSA) is 43.6 Å². The Morgan fingerprint density at radius 2 is 2.31 bits per heavy atom. The third-order valence-electron chi connectivity index (χ3n) is 2.03. The molecular formula is C10H8F2N2O2. The number of ether oxygens (including phenoxy) is 1. The monoisotopic (exact) mass is 226 g/mol. The Kier molecular flexibility index (Phi) is 2.55. The van der Waals surface area contributed by atoms with Crippen LogP contribution in [-0.2, 0) is 4.74 Å². The number of carbonyl (C=O) groups excluding carboxylic acids is 1. The number of nitrogens with zero attached hydrogens (tertiary/aromatic N) is 2. The predicted molar refractivity (Wildman–Crippen MR) is 51.1 cm³/mol. The SMILES string of the molecule is CCOC(=O)c1cnn2cc(F)cc(F)c12. The van der Waals surface area contributed by atoms with E-state index in [9.17, 15) is 13.6 Å². The summed E-state index contributed by atoms with van der Waals surface area (Å²) in [5.41, 5.74) is -0.0980. The fraction of sp³-hybridized carbons (Fsp3) is 0.200. The van der Waals surface area contributed by atoms with Crippen LogP contribution in [0, 0.1) is 11.6 Å². The van der Waals surface area contributed by atoms with Gasteiger partial charge < -0.3 is 4.74 Å². The van der Waals surface area contributed by atoms with E-state index in [-0.39, 0.29) is 17.7 Å². The van der Waals surface area contributed by atoms with E-state index >= 15 is 0 Å². The molecule has 6 heteroatoms. The zero-order valence-corrected chi connectivity index (χ0v) is 8.41. The van der Waals surface area contributed by atoms with Gasteiger partial charge in [-0.25, -0.2) is 18.1 Å². The first kappa shape index (κ1) is 10.5. The zero-order valence-electron chi connectivity index (χ0n) is 8.41. The maximum atomic E-state index is 13.4. The lowest BCUT2D eigenvalue weighted by molar-refractivity contribution is 0.0528. The summed E-state index contributed by atoms with van der Waals surface area (Å²) >= 11 is 0. The van der Waals surface area contributed by atoms with Crippen molar-refractivity contribution in [3.05, 3.63) is 35.7 Å². The fourth-order valence-corrected chi connectivity index (χ4v) is 1.40. The predicted octanol–water partition coefficient (Wildman–Crippen LogP) is 1.79. The van der Waals surface area contributed by atoms with Gasteiger partial charge in [-0.2, -0.15) is 5.10 Å². The Morgan fingerprint density at radius 1 is 1.56 bits per heavy atom. The lowest BCUT2D eigenvalue weighted by Crippen LogP contribution is -2.05. The van der Waals surface area contributed by atoms with Gasteiger partial charge in [0.05, 0.1) is 19.0 Å². The van der Waals surface area contributed by atoms with Crippen LogP contribution < -0.4 is 0 Å². The zero-order chi connectivity index (χ0) is 11.7. The summed E-state index contributed by atoms with van der Waals surface area (Å²) in [6.45, 7) is 1.82. The molecule has 0 aromatic carbocycles. The summed E-state index contributed by atoms with van der Waals surface area (Å²) in [6.07, 6.45) is 2.14. The van der Waals surface area contributed by atoms with Crippen molar-refractivity contribution < 1.29 is 18.3 Å². The van der Waals surface area contributed by atoms with Gasteiger partial charge in [0.15, 0.2) is 5.82 Å². The van der Waals surface area contributed by atoms with Crippen LogP contribution in [0.2, 0.25) is 0 Å². The van der Waals surface area contributed by atoms with Crippen LogP contribution in [0.5, 0.6) is 0 Å². The van der Waals surface area contributed by atoms with Crippen molar-refractivity contribution in [2.24, 2.45) is 0 Å². The Hall–Kier alpha value is -1.98. The highest BCUT2D eigenvalue weighted by Gasteiger charge is 2.17. The van der Waals surface area contributed by atoms with E-state index in [1.165, 1.54) is 0 Å². The van der Waals surface area contributed by atoms with E-state index < -0.39 is 17.6 Å². The highest BCUT2D eigenvalue weighted by Crippen LogP contribution is 2.16. The number of hydrogen-bond acceptors (Lipinski definition) is 3. The van der Waals surface area contributed by atoms with E-state index in [1.54, 1.807) is 6.92 Å². The molecule has 2 heterocycles. The average molecular weight is 226 g/mol. The molecule has 0 aliphatic carbocycles. The van der Waals surface area contributed by atoms with Crippen LogP contribution in [0.25, 0.3) is 5.52 Å². The van der Waals surface area contributed by atoms with Crippen molar-refractivity contribution in [3.8, 4) is 0 Å². The second kappa shape index (κ2) is 3.88. The summed E-state index contributed by atoms with van der Waals surface area (Å²) in [6, 6.07) is 0.694. The molecule has 2 aromatic heterocycles. The maximum absolute atomic E-state index is 13.4. The van der Waals surface area contributed by atoms with Gasteiger partial charge in [-0.1, -0.05) is 0 Å². The van der Waals surface area contributed by atoms with E-state index in [2.05, 4.69) is 5.10 Å².